The number of hydrogen-bond acceptors (Lipinski definition) is 3. The van der Waals surface area contributed by atoms with E-state index in [4.69, 9.17) is 4.74 Å². The van der Waals surface area contributed by atoms with Crippen LogP contribution in [0.4, 0.5) is 4.79 Å². The Bertz CT molecular complexity index is 375. The number of ether oxygens (including phenoxy) is 1. The van der Waals surface area contributed by atoms with Gasteiger partial charge in [-0.05, 0) is 46.0 Å². The smallest absolute Gasteiger partial charge is 0.407 e. The Kier molecular flexibility index (Phi) is 10.6. The van der Waals surface area contributed by atoms with Gasteiger partial charge in [-0.2, -0.15) is 0 Å². The molecule has 0 atom stereocenters. The monoisotopic (exact) mass is 440 g/mol. The van der Waals surface area contributed by atoms with E-state index in [-0.39, 0.29) is 30.1 Å². The third-order valence-corrected chi connectivity index (χ3v) is 3.60. The molecule has 1 amide bonds. The molecule has 0 aromatic rings. The lowest BCUT2D eigenvalue weighted by molar-refractivity contribution is 0.0527. The van der Waals surface area contributed by atoms with Crippen LogP contribution in [0.15, 0.2) is 4.99 Å². The number of nitrogens with one attached hydrogen (secondary N) is 2. The molecule has 7 heteroatoms. The van der Waals surface area contributed by atoms with Crippen LogP contribution in [0.2, 0.25) is 0 Å². The van der Waals surface area contributed by atoms with E-state index in [1.807, 2.05) is 27.8 Å². The summed E-state index contributed by atoms with van der Waals surface area (Å²) >= 11 is 0. The summed E-state index contributed by atoms with van der Waals surface area (Å²) in [6.45, 7) is 11.4. The molecule has 0 aliphatic carbocycles. The van der Waals surface area contributed by atoms with Gasteiger partial charge >= 0.3 is 6.09 Å². The minimum Gasteiger partial charge on any atom is -0.444 e. The lowest BCUT2D eigenvalue weighted by atomic mass is 10.00. The van der Waals surface area contributed by atoms with Crippen LogP contribution in [0, 0.1) is 5.92 Å². The summed E-state index contributed by atoms with van der Waals surface area (Å²) < 4.78 is 5.19. The molecule has 0 bridgehead atoms. The number of amides is 1. The van der Waals surface area contributed by atoms with Crippen LogP contribution >= 0.6 is 24.0 Å². The van der Waals surface area contributed by atoms with Crippen molar-refractivity contribution in [1.29, 1.82) is 0 Å². The Morgan fingerprint density at radius 3 is 2.30 bits per heavy atom. The average molecular weight is 440 g/mol. The van der Waals surface area contributed by atoms with Crippen LogP contribution in [-0.4, -0.2) is 55.8 Å². The van der Waals surface area contributed by atoms with E-state index >= 15 is 0 Å². The summed E-state index contributed by atoms with van der Waals surface area (Å²) in [5.41, 5.74) is -0.449. The highest BCUT2D eigenvalue weighted by atomic mass is 127. The van der Waals surface area contributed by atoms with Crippen molar-refractivity contribution in [2.24, 2.45) is 10.9 Å². The van der Waals surface area contributed by atoms with Crippen LogP contribution in [0.25, 0.3) is 0 Å². The maximum atomic E-state index is 11.5. The van der Waals surface area contributed by atoms with Crippen LogP contribution < -0.4 is 10.6 Å². The molecule has 0 aromatic carbocycles. The summed E-state index contributed by atoms with van der Waals surface area (Å²) in [5, 5.41) is 6.12. The molecule has 1 rings (SSSR count). The fourth-order valence-electron chi connectivity index (χ4n) is 2.35. The second kappa shape index (κ2) is 10.9. The van der Waals surface area contributed by atoms with Crippen molar-refractivity contribution in [2.45, 2.75) is 52.6 Å². The van der Waals surface area contributed by atoms with Gasteiger partial charge in [0.25, 0.3) is 0 Å². The van der Waals surface area contributed by atoms with E-state index in [2.05, 4.69) is 27.4 Å². The van der Waals surface area contributed by atoms with Crippen molar-refractivity contribution in [2.75, 3.05) is 33.2 Å². The molecule has 1 aliphatic heterocycles. The highest BCUT2D eigenvalue weighted by Gasteiger charge is 2.18. The van der Waals surface area contributed by atoms with Gasteiger partial charge < -0.3 is 20.3 Å². The van der Waals surface area contributed by atoms with Crippen LogP contribution in [0.5, 0.6) is 0 Å². The molecule has 136 valence electrons. The predicted octanol–water partition coefficient (Wildman–Crippen LogP) is 2.83. The van der Waals surface area contributed by atoms with Gasteiger partial charge in [0.2, 0.25) is 0 Å². The maximum Gasteiger partial charge on any atom is 0.407 e. The lowest BCUT2D eigenvalue weighted by Gasteiger charge is -2.32. The van der Waals surface area contributed by atoms with Crippen molar-refractivity contribution in [3.8, 4) is 0 Å². The van der Waals surface area contributed by atoms with E-state index < -0.39 is 5.60 Å². The van der Waals surface area contributed by atoms with Gasteiger partial charge in [-0.25, -0.2) is 4.79 Å². The number of guanidine groups is 1. The summed E-state index contributed by atoms with van der Waals surface area (Å²) in [5.74, 6) is 1.77. The Morgan fingerprint density at radius 2 is 1.78 bits per heavy atom. The van der Waals surface area contributed by atoms with Crippen LogP contribution in [-0.2, 0) is 4.74 Å². The zero-order chi connectivity index (χ0) is 16.6. The predicted molar refractivity (Wildman–Crippen MR) is 106 cm³/mol. The Balaban J connectivity index is 0.00000484. The topological polar surface area (TPSA) is 66.0 Å². The van der Waals surface area contributed by atoms with Crippen molar-refractivity contribution >= 4 is 36.0 Å². The second-order valence-corrected chi connectivity index (χ2v) is 6.93. The first kappa shape index (κ1) is 22.3. The third-order valence-electron chi connectivity index (χ3n) is 3.60. The molecule has 0 aromatic heterocycles. The normalized spacial score (nSPS) is 16.6. The van der Waals surface area contributed by atoms with Gasteiger partial charge in [-0.3, -0.25) is 4.99 Å². The summed E-state index contributed by atoms with van der Waals surface area (Å²) in [6, 6.07) is 0. The first-order valence-corrected chi connectivity index (χ1v) is 8.24. The first-order chi connectivity index (χ1) is 10.3. The number of nitrogens with zero attached hydrogens (tertiary/aromatic N) is 2. The van der Waals surface area contributed by atoms with Gasteiger partial charge in [0.15, 0.2) is 5.96 Å². The number of halogens is 1. The van der Waals surface area contributed by atoms with Gasteiger partial charge in [-0.15, -0.1) is 24.0 Å². The molecule has 0 unspecified atom stereocenters. The molecule has 1 fully saturated rings. The zero-order valence-electron chi connectivity index (χ0n) is 15.1. The molecular formula is C16H33IN4O2. The summed E-state index contributed by atoms with van der Waals surface area (Å²) in [7, 11) is 1.82. The minimum absolute atomic E-state index is 0. The molecule has 1 aliphatic rings. The molecule has 0 radical (unpaired) electrons. The largest absolute Gasteiger partial charge is 0.444 e. The summed E-state index contributed by atoms with van der Waals surface area (Å²) in [4.78, 5) is 18.1. The van der Waals surface area contributed by atoms with E-state index in [0.717, 1.165) is 37.9 Å². The molecule has 0 saturated carbocycles. The summed E-state index contributed by atoms with van der Waals surface area (Å²) in [6.07, 6.45) is 2.92. The van der Waals surface area contributed by atoms with Crippen molar-refractivity contribution in [1.82, 2.24) is 15.5 Å². The Morgan fingerprint density at radius 1 is 1.22 bits per heavy atom. The molecule has 0 spiro atoms. The average Bonchev–Trinajstić information content (AvgIpc) is 2.42. The van der Waals surface area contributed by atoms with Gasteiger partial charge in [-0.1, -0.05) is 6.92 Å². The third kappa shape index (κ3) is 9.88. The quantitative estimate of drug-likeness (QED) is 0.306. The maximum absolute atomic E-state index is 11.5. The van der Waals surface area contributed by atoms with Gasteiger partial charge in [0.05, 0.1) is 0 Å². The molecular weight excluding hydrogens is 407 g/mol. The molecule has 6 nitrogen and oxygen atoms in total. The SMILES string of the molecule is CN=C(NCCCNC(=O)OC(C)(C)C)N1CCC(C)CC1.I. The number of hydrogen-bond donors (Lipinski definition) is 2. The fraction of sp³-hybridized carbons (Fsp3) is 0.875. The van der Waals surface area contributed by atoms with E-state index in [1.54, 1.807) is 0 Å². The van der Waals surface area contributed by atoms with Crippen molar-refractivity contribution < 1.29 is 9.53 Å². The van der Waals surface area contributed by atoms with E-state index in [1.165, 1.54) is 12.8 Å². The Hall–Kier alpha value is -0.730. The zero-order valence-corrected chi connectivity index (χ0v) is 17.5. The van der Waals surface area contributed by atoms with E-state index in [0.29, 0.717) is 6.54 Å². The minimum atomic E-state index is -0.449. The molecule has 2 N–H and O–H groups in total. The Labute approximate surface area is 157 Å². The van der Waals surface area contributed by atoms with Crippen LogP contribution in [0.1, 0.15) is 47.0 Å². The van der Waals surface area contributed by atoms with E-state index in [9.17, 15) is 4.79 Å². The second-order valence-electron chi connectivity index (χ2n) is 6.93. The highest BCUT2D eigenvalue weighted by Crippen LogP contribution is 2.15. The fourth-order valence-corrected chi connectivity index (χ4v) is 2.35. The number of piperidine rings is 1. The standard InChI is InChI=1S/C16H32N4O2.HI/c1-13-7-11-20(12-8-13)14(17-5)18-9-6-10-19-15(21)22-16(2,3)4;/h13H,6-12H2,1-5H3,(H,17,18)(H,19,21);1H. The van der Waals surface area contributed by atoms with Gasteiger partial charge in [0, 0.05) is 33.2 Å². The molecule has 23 heavy (non-hydrogen) atoms. The number of carbonyl (C=O) groups is 1. The van der Waals surface area contributed by atoms with Gasteiger partial charge in [0.1, 0.15) is 5.60 Å². The number of likely N-dealkylation sites (tertiary alicyclic amines) is 1. The van der Waals surface area contributed by atoms with Crippen molar-refractivity contribution in [3.63, 3.8) is 0 Å². The highest BCUT2D eigenvalue weighted by molar-refractivity contribution is 14.0. The number of rotatable bonds is 4. The lowest BCUT2D eigenvalue weighted by Crippen LogP contribution is -2.46. The van der Waals surface area contributed by atoms with Crippen LogP contribution in [0.3, 0.4) is 0 Å². The first-order valence-electron chi connectivity index (χ1n) is 8.24. The number of carbonyl (C=O) groups excluding carboxylic acids is 1. The number of aliphatic imine (C=N–C) groups is 1. The molecule has 1 heterocycles. The molecule has 1 saturated heterocycles. The van der Waals surface area contributed by atoms with Crippen molar-refractivity contribution in [3.05, 3.63) is 0 Å². The number of alkyl carbamates (subject to hydrolysis) is 1.